The van der Waals surface area contributed by atoms with Crippen LogP contribution in [0.15, 0.2) is 0 Å². The lowest BCUT2D eigenvalue weighted by molar-refractivity contribution is 0.317. The average Bonchev–Trinajstić information content (AvgIpc) is 2.25. The van der Waals surface area contributed by atoms with Crippen molar-refractivity contribution >= 4 is 0 Å². The summed E-state index contributed by atoms with van der Waals surface area (Å²) in [6, 6.07) is 0. The van der Waals surface area contributed by atoms with Gasteiger partial charge < -0.3 is 0 Å². The lowest BCUT2D eigenvalue weighted by Gasteiger charge is -2.22. The van der Waals surface area contributed by atoms with Gasteiger partial charge in [-0.2, -0.15) is 0 Å². The molecular weight excluding hydrogens is 168 g/mol. The van der Waals surface area contributed by atoms with Crippen LogP contribution in [0, 0.1) is 24.2 Å². The zero-order chi connectivity index (χ0) is 10.2. The Morgan fingerprint density at radius 2 is 1.93 bits per heavy atom. The maximum absolute atomic E-state index is 5.52. The molecule has 1 saturated carbocycles. The molecule has 1 aliphatic carbocycles. The van der Waals surface area contributed by atoms with Gasteiger partial charge in [0, 0.05) is 5.92 Å². The van der Waals surface area contributed by atoms with Gasteiger partial charge in [-0.25, -0.2) is 0 Å². The van der Waals surface area contributed by atoms with E-state index in [0.717, 1.165) is 5.92 Å². The van der Waals surface area contributed by atoms with Crippen LogP contribution in [-0.4, -0.2) is 0 Å². The van der Waals surface area contributed by atoms with Crippen molar-refractivity contribution in [2.45, 2.75) is 64.7 Å². The van der Waals surface area contributed by atoms with Crippen LogP contribution in [0.25, 0.3) is 0 Å². The predicted octanol–water partition coefficient (Wildman–Crippen LogP) is 4.40. The highest BCUT2D eigenvalue weighted by Gasteiger charge is 2.14. The molecule has 80 valence electrons. The van der Waals surface area contributed by atoms with E-state index in [1.807, 2.05) is 0 Å². The second-order valence-corrected chi connectivity index (χ2v) is 4.73. The second-order valence-electron chi connectivity index (χ2n) is 4.73. The van der Waals surface area contributed by atoms with E-state index >= 15 is 0 Å². The van der Waals surface area contributed by atoms with Crippen molar-refractivity contribution in [2.75, 3.05) is 0 Å². The summed E-state index contributed by atoms with van der Waals surface area (Å²) in [4.78, 5) is 0. The first-order valence-corrected chi connectivity index (χ1v) is 6.33. The Morgan fingerprint density at radius 3 is 2.50 bits per heavy atom. The number of hydrogen-bond acceptors (Lipinski definition) is 0. The summed E-state index contributed by atoms with van der Waals surface area (Å²) < 4.78 is 0. The maximum atomic E-state index is 5.52. The van der Waals surface area contributed by atoms with Crippen LogP contribution in [0.5, 0.6) is 0 Å². The molecule has 1 fully saturated rings. The molecule has 0 aliphatic heterocycles. The summed E-state index contributed by atoms with van der Waals surface area (Å²) in [7, 11) is 0. The van der Waals surface area contributed by atoms with Crippen LogP contribution in [0.4, 0.5) is 0 Å². The van der Waals surface area contributed by atoms with Crippen LogP contribution in [0.3, 0.4) is 0 Å². The van der Waals surface area contributed by atoms with Gasteiger partial charge in [-0.1, -0.05) is 45.4 Å². The Hall–Kier alpha value is -0.440. The molecule has 0 N–H and O–H groups in total. The molecule has 0 aromatic carbocycles. The molecule has 1 unspecified atom stereocenters. The molecule has 14 heavy (non-hydrogen) atoms. The van der Waals surface area contributed by atoms with Crippen molar-refractivity contribution in [3.63, 3.8) is 0 Å². The minimum atomic E-state index is 0.557. The second kappa shape index (κ2) is 6.93. The van der Waals surface area contributed by atoms with Crippen LogP contribution in [-0.2, 0) is 0 Å². The molecule has 0 amide bonds. The monoisotopic (exact) mass is 192 g/mol. The molecule has 0 saturated heterocycles. The van der Waals surface area contributed by atoms with E-state index in [2.05, 4.69) is 12.8 Å². The minimum Gasteiger partial charge on any atom is -0.120 e. The highest BCUT2D eigenvalue weighted by Crippen LogP contribution is 2.29. The predicted molar refractivity (Wildman–Crippen MR) is 63.0 cm³/mol. The van der Waals surface area contributed by atoms with Crippen LogP contribution < -0.4 is 0 Å². The van der Waals surface area contributed by atoms with Gasteiger partial charge in [0.1, 0.15) is 0 Å². The molecule has 0 heteroatoms. The van der Waals surface area contributed by atoms with Crippen molar-refractivity contribution in [3.05, 3.63) is 0 Å². The summed E-state index contributed by atoms with van der Waals surface area (Å²) in [5.74, 6) is 4.50. The van der Waals surface area contributed by atoms with Gasteiger partial charge in [0.05, 0.1) is 0 Å². The Labute approximate surface area is 89.5 Å². The van der Waals surface area contributed by atoms with Gasteiger partial charge in [-0.3, -0.25) is 0 Å². The van der Waals surface area contributed by atoms with E-state index in [9.17, 15) is 0 Å². The summed E-state index contributed by atoms with van der Waals surface area (Å²) in [5, 5.41) is 0. The average molecular weight is 192 g/mol. The third-order valence-electron chi connectivity index (χ3n) is 3.52. The van der Waals surface area contributed by atoms with Crippen LogP contribution in [0.2, 0.25) is 0 Å². The van der Waals surface area contributed by atoms with Gasteiger partial charge in [-0.05, 0) is 25.2 Å². The smallest absolute Gasteiger partial charge is 0.0200 e. The molecule has 0 aromatic heterocycles. The van der Waals surface area contributed by atoms with Crippen LogP contribution >= 0.6 is 0 Å². The molecule has 0 aromatic rings. The molecule has 0 spiro atoms. The Balaban J connectivity index is 2.14. The first kappa shape index (κ1) is 11.6. The van der Waals surface area contributed by atoms with Crippen LogP contribution in [0.1, 0.15) is 64.7 Å². The third-order valence-corrected chi connectivity index (χ3v) is 3.52. The Kier molecular flexibility index (Phi) is 5.76. The highest BCUT2D eigenvalue weighted by atomic mass is 14.2. The fourth-order valence-electron chi connectivity index (χ4n) is 2.57. The van der Waals surface area contributed by atoms with E-state index in [1.54, 1.807) is 0 Å². The van der Waals surface area contributed by atoms with Crippen molar-refractivity contribution in [1.82, 2.24) is 0 Å². The quantitative estimate of drug-likeness (QED) is 0.566. The lowest BCUT2D eigenvalue weighted by Crippen LogP contribution is -2.08. The molecule has 1 aliphatic rings. The zero-order valence-electron chi connectivity index (χ0n) is 9.60. The minimum absolute atomic E-state index is 0.557. The molecular formula is C14H24. The van der Waals surface area contributed by atoms with Crippen molar-refractivity contribution in [2.24, 2.45) is 11.8 Å². The van der Waals surface area contributed by atoms with Crippen molar-refractivity contribution < 1.29 is 0 Å². The van der Waals surface area contributed by atoms with E-state index in [1.165, 1.54) is 57.8 Å². The van der Waals surface area contributed by atoms with E-state index in [4.69, 9.17) is 6.42 Å². The summed E-state index contributed by atoms with van der Waals surface area (Å²) in [6.07, 6.45) is 17.9. The SMILES string of the molecule is C#CC(CCC)CCC1CCCCC1. The number of rotatable bonds is 5. The fraction of sp³-hybridized carbons (Fsp3) is 0.857. The number of hydrogen-bond donors (Lipinski definition) is 0. The van der Waals surface area contributed by atoms with Gasteiger partial charge in [-0.15, -0.1) is 12.3 Å². The maximum Gasteiger partial charge on any atom is 0.0200 e. The van der Waals surface area contributed by atoms with E-state index < -0.39 is 0 Å². The van der Waals surface area contributed by atoms with Gasteiger partial charge >= 0.3 is 0 Å². The zero-order valence-corrected chi connectivity index (χ0v) is 9.60. The fourth-order valence-corrected chi connectivity index (χ4v) is 2.57. The lowest BCUT2D eigenvalue weighted by atomic mass is 9.83. The van der Waals surface area contributed by atoms with Crippen molar-refractivity contribution in [3.8, 4) is 12.3 Å². The first-order valence-electron chi connectivity index (χ1n) is 6.33. The summed E-state index contributed by atoms with van der Waals surface area (Å²) in [5.41, 5.74) is 0. The molecule has 0 heterocycles. The van der Waals surface area contributed by atoms with Gasteiger partial charge in [0.2, 0.25) is 0 Å². The Morgan fingerprint density at radius 1 is 1.21 bits per heavy atom. The molecule has 0 radical (unpaired) electrons. The third kappa shape index (κ3) is 4.18. The topological polar surface area (TPSA) is 0 Å². The summed E-state index contributed by atoms with van der Waals surface area (Å²) >= 11 is 0. The highest BCUT2D eigenvalue weighted by molar-refractivity contribution is 4.92. The largest absolute Gasteiger partial charge is 0.120 e. The number of terminal acetylenes is 1. The molecule has 0 bridgehead atoms. The standard InChI is InChI=1S/C14H24/c1-3-8-13(4-2)11-12-14-9-6-5-7-10-14/h2,13-14H,3,5-12H2,1H3. The molecule has 1 atom stereocenters. The van der Waals surface area contributed by atoms with Crippen molar-refractivity contribution in [1.29, 1.82) is 0 Å². The Bertz CT molecular complexity index is 169. The van der Waals surface area contributed by atoms with E-state index in [0.29, 0.717) is 5.92 Å². The van der Waals surface area contributed by atoms with Gasteiger partial charge in [0.25, 0.3) is 0 Å². The first-order chi connectivity index (χ1) is 6.86. The molecule has 1 rings (SSSR count). The normalized spacial score (nSPS) is 20.3. The molecule has 0 nitrogen and oxygen atoms in total. The van der Waals surface area contributed by atoms with E-state index in [-0.39, 0.29) is 0 Å². The van der Waals surface area contributed by atoms with Gasteiger partial charge in [0.15, 0.2) is 0 Å². The summed E-state index contributed by atoms with van der Waals surface area (Å²) in [6.45, 7) is 2.23.